The van der Waals surface area contributed by atoms with E-state index < -0.39 is 0 Å². The summed E-state index contributed by atoms with van der Waals surface area (Å²) >= 11 is 0. The molecule has 0 saturated heterocycles. The number of halogens is 1. The molecule has 0 aromatic rings. The first-order valence-corrected chi connectivity index (χ1v) is 3.16. The maximum atomic E-state index is 8.72. The van der Waals surface area contributed by atoms with Crippen molar-refractivity contribution in [2.24, 2.45) is 0 Å². The Morgan fingerprint density at radius 3 is 2.44 bits per heavy atom. The Labute approximate surface area is 63.1 Å². The Bertz CT molecular complexity index is 50.3. The third-order valence-corrected chi connectivity index (χ3v) is 0.867. The fourth-order valence-electron chi connectivity index (χ4n) is 0.488. The molecule has 1 atom stereocenters. The summed E-state index contributed by atoms with van der Waals surface area (Å²) in [6.45, 7) is 5.61. The molecule has 0 rings (SSSR count). The van der Waals surface area contributed by atoms with E-state index in [1.165, 1.54) is 0 Å². The molecule has 2 nitrogen and oxygen atoms in total. The lowest BCUT2D eigenvalue weighted by Crippen LogP contribution is -2.24. The Morgan fingerprint density at radius 1 is 1.56 bits per heavy atom. The Hall–Kier alpha value is 0.210. The highest BCUT2D eigenvalue weighted by Crippen LogP contribution is 1.75. The molecule has 3 heteroatoms. The Morgan fingerprint density at radius 2 is 2.11 bits per heavy atom. The lowest BCUT2D eigenvalue weighted by Gasteiger charge is -2.03. The normalized spacial score (nSPS) is 12.3. The zero-order valence-corrected chi connectivity index (χ0v) is 6.87. The van der Waals surface area contributed by atoms with Crippen LogP contribution in [-0.2, 0) is 0 Å². The monoisotopic (exact) mass is 153 g/mol. The molecule has 0 spiro atoms. The number of nitrogens with one attached hydrogen (secondary N) is 1. The summed E-state index contributed by atoms with van der Waals surface area (Å²) in [5, 5.41) is 11.8. The first kappa shape index (κ1) is 11.9. The minimum absolute atomic E-state index is 0. The van der Waals surface area contributed by atoms with Crippen LogP contribution < -0.4 is 5.32 Å². The summed E-state index contributed by atoms with van der Waals surface area (Å²) in [4.78, 5) is 0. The van der Waals surface area contributed by atoms with E-state index >= 15 is 0 Å². The van der Waals surface area contributed by atoms with Crippen LogP contribution in [0, 0.1) is 0 Å². The molecule has 58 valence electrons. The zero-order valence-electron chi connectivity index (χ0n) is 6.05. The van der Waals surface area contributed by atoms with Crippen molar-refractivity contribution in [2.45, 2.75) is 26.4 Å². The molecule has 0 aliphatic rings. The quantitative estimate of drug-likeness (QED) is 0.586. The van der Waals surface area contributed by atoms with Gasteiger partial charge in [0.1, 0.15) is 0 Å². The van der Waals surface area contributed by atoms with Crippen LogP contribution in [0.2, 0.25) is 0 Å². The molecule has 0 aliphatic carbocycles. The van der Waals surface area contributed by atoms with Crippen LogP contribution in [0.3, 0.4) is 0 Å². The molecule has 0 aromatic carbocycles. The van der Waals surface area contributed by atoms with Gasteiger partial charge in [-0.05, 0) is 19.9 Å². The second-order valence-electron chi connectivity index (χ2n) is 2.05. The molecule has 0 aromatic heterocycles. The van der Waals surface area contributed by atoms with E-state index in [9.17, 15) is 0 Å². The average molecular weight is 154 g/mol. The number of hydrogen-bond donors (Lipinski definition) is 2. The molecule has 0 saturated carbocycles. The minimum Gasteiger partial charge on any atom is -0.392 e. The van der Waals surface area contributed by atoms with Crippen molar-refractivity contribution < 1.29 is 5.11 Å². The van der Waals surface area contributed by atoms with Crippen molar-refractivity contribution in [3.05, 3.63) is 0 Å². The summed E-state index contributed by atoms with van der Waals surface area (Å²) in [6.07, 6.45) is 0.925. The van der Waals surface area contributed by atoms with Crippen molar-refractivity contribution in [3.63, 3.8) is 0 Å². The largest absolute Gasteiger partial charge is 0.392 e. The molecule has 0 fully saturated rings. The van der Waals surface area contributed by atoms with Gasteiger partial charge in [0.05, 0.1) is 6.10 Å². The highest BCUT2D eigenvalue weighted by molar-refractivity contribution is 5.85. The Balaban J connectivity index is 0. The fraction of sp³-hybridized carbons (Fsp3) is 1.00. The minimum atomic E-state index is -0.207. The summed E-state index contributed by atoms with van der Waals surface area (Å²) in [6, 6.07) is 0. The van der Waals surface area contributed by atoms with Gasteiger partial charge >= 0.3 is 0 Å². The summed E-state index contributed by atoms with van der Waals surface area (Å²) < 4.78 is 0. The van der Waals surface area contributed by atoms with E-state index in [0.717, 1.165) is 13.0 Å². The van der Waals surface area contributed by atoms with E-state index in [1.807, 2.05) is 0 Å². The van der Waals surface area contributed by atoms with Crippen molar-refractivity contribution in [1.82, 2.24) is 5.32 Å². The molecule has 0 amide bonds. The van der Waals surface area contributed by atoms with Gasteiger partial charge in [-0.15, -0.1) is 12.4 Å². The van der Waals surface area contributed by atoms with E-state index in [2.05, 4.69) is 12.2 Å². The van der Waals surface area contributed by atoms with E-state index in [-0.39, 0.29) is 18.5 Å². The van der Waals surface area contributed by atoms with Crippen molar-refractivity contribution in [3.8, 4) is 0 Å². The first-order chi connectivity index (χ1) is 3.77. The zero-order chi connectivity index (χ0) is 6.41. The average Bonchev–Trinajstić information content (AvgIpc) is 1.66. The van der Waals surface area contributed by atoms with Gasteiger partial charge in [0.15, 0.2) is 0 Å². The van der Waals surface area contributed by atoms with Gasteiger partial charge in [-0.25, -0.2) is 0 Å². The summed E-state index contributed by atoms with van der Waals surface area (Å²) in [5.41, 5.74) is 0. The van der Waals surface area contributed by atoms with Gasteiger partial charge in [-0.1, -0.05) is 6.92 Å². The van der Waals surface area contributed by atoms with Crippen molar-refractivity contribution in [1.29, 1.82) is 0 Å². The molecule has 0 heterocycles. The van der Waals surface area contributed by atoms with E-state index in [4.69, 9.17) is 5.11 Å². The topological polar surface area (TPSA) is 32.3 Å². The second kappa shape index (κ2) is 8.21. The molecular formula is C6H16ClNO. The Kier molecular flexibility index (Phi) is 10.9. The molecule has 0 unspecified atom stereocenters. The standard InChI is InChI=1S/C6H15NO.ClH/c1-3-4-7-5-6(2)8;/h6-8H,3-5H2,1-2H3;1H/t6-;/m0./s1. The molecule has 9 heavy (non-hydrogen) atoms. The van der Waals surface area contributed by atoms with Crippen molar-refractivity contribution >= 4 is 12.4 Å². The van der Waals surface area contributed by atoms with Crippen LogP contribution in [0.15, 0.2) is 0 Å². The first-order valence-electron chi connectivity index (χ1n) is 3.16. The molecule has 0 aliphatic heterocycles. The third kappa shape index (κ3) is 11.7. The van der Waals surface area contributed by atoms with Crippen molar-refractivity contribution in [2.75, 3.05) is 13.1 Å². The van der Waals surface area contributed by atoms with Gasteiger partial charge < -0.3 is 10.4 Å². The third-order valence-electron chi connectivity index (χ3n) is 0.867. The fourth-order valence-corrected chi connectivity index (χ4v) is 0.488. The lowest BCUT2D eigenvalue weighted by atomic mass is 10.4. The highest BCUT2D eigenvalue weighted by atomic mass is 35.5. The van der Waals surface area contributed by atoms with Gasteiger partial charge in [-0.2, -0.15) is 0 Å². The second-order valence-corrected chi connectivity index (χ2v) is 2.05. The summed E-state index contributed by atoms with van der Waals surface area (Å²) in [7, 11) is 0. The maximum Gasteiger partial charge on any atom is 0.0636 e. The molecule has 0 radical (unpaired) electrons. The van der Waals surface area contributed by atoms with E-state index in [0.29, 0.717) is 6.54 Å². The lowest BCUT2D eigenvalue weighted by molar-refractivity contribution is 0.191. The smallest absolute Gasteiger partial charge is 0.0636 e. The maximum absolute atomic E-state index is 8.72. The highest BCUT2D eigenvalue weighted by Gasteiger charge is 1.90. The van der Waals surface area contributed by atoms with Gasteiger partial charge in [0, 0.05) is 6.54 Å². The SMILES string of the molecule is CCCNC[C@H](C)O.Cl. The van der Waals surface area contributed by atoms with Crippen LogP contribution in [0.1, 0.15) is 20.3 Å². The predicted molar refractivity (Wildman–Crippen MR) is 42.1 cm³/mol. The molecular weight excluding hydrogens is 138 g/mol. The van der Waals surface area contributed by atoms with Crippen LogP contribution in [0.25, 0.3) is 0 Å². The number of aliphatic hydroxyl groups excluding tert-OH is 1. The van der Waals surface area contributed by atoms with Gasteiger partial charge in [-0.3, -0.25) is 0 Å². The molecule has 2 N–H and O–H groups in total. The van der Waals surface area contributed by atoms with Gasteiger partial charge in [0.2, 0.25) is 0 Å². The van der Waals surface area contributed by atoms with Crippen LogP contribution >= 0.6 is 12.4 Å². The predicted octanol–water partition coefficient (Wildman–Crippen LogP) is 0.789. The van der Waals surface area contributed by atoms with Crippen LogP contribution in [0.4, 0.5) is 0 Å². The van der Waals surface area contributed by atoms with Gasteiger partial charge in [0.25, 0.3) is 0 Å². The number of aliphatic hydroxyl groups is 1. The van der Waals surface area contributed by atoms with E-state index in [1.54, 1.807) is 6.92 Å². The summed E-state index contributed by atoms with van der Waals surface area (Å²) in [5.74, 6) is 0. The number of rotatable bonds is 4. The van der Waals surface area contributed by atoms with Crippen LogP contribution in [-0.4, -0.2) is 24.3 Å². The van der Waals surface area contributed by atoms with Crippen LogP contribution in [0.5, 0.6) is 0 Å². The number of hydrogen-bond acceptors (Lipinski definition) is 2. The molecule has 0 bridgehead atoms.